The van der Waals surface area contributed by atoms with E-state index in [-0.39, 0.29) is 5.82 Å². The summed E-state index contributed by atoms with van der Waals surface area (Å²) in [5.41, 5.74) is 8.21. The molecule has 0 radical (unpaired) electrons. The van der Waals surface area contributed by atoms with Crippen molar-refractivity contribution in [2.45, 2.75) is 13.1 Å². The van der Waals surface area contributed by atoms with Crippen molar-refractivity contribution in [2.24, 2.45) is 5.73 Å². The Morgan fingerprint density at radius 1 is 1.12 bits per heavy atom. The number of halogens is 1. The number of benzene rings is 2. The number of hydrogen-bond acceptors (Lipinski definition) is 6. The van der Waals surface area contributed by atoms with Gasteiger partial charge >= 0.3 is 0 Å². The van der Waals surface area contributed by atoms with Gasteiger partial charge < -0.3 is 15.4 Å². The number of amides is 1. The number of hydrogen-bond donors (Lipinski definition) is 1. The summed E-state index contributed by atoms with van der Waals surface area (Å²) in [6.07, 6.45) is 3.40. The van der Waals surface area contributed by atoms with Crippen molar-refractivity contribution in [3.63, 3.8) is 0 Å². The van der Waals surface area contributed by atoms with Gasteiger partial charge in [0.25, 0.3) is 5.91 Å². The monoisotopic (exact) mass is 432 g/mol. The first kappa shape index (κ1) is 21.0. The molecule has 4 rings (SSSR count). The van der Waals surface area contributed by atoms with Crippen molar-refractivity contribution >= 4 is 17.4 Å². The fraction of sp³-hybridized carbons (Fsp3) is 0.130. The molecule has 2 aromatic heterocycles. The van der Waals surface area contributed by atoms with Crippen molar-refractivity contribution in [1.82, 2.24) is 20.0 Å². The number of pyridine rings is 1. The molecule has 0 aliphatic rings. The first-order valence-electron chi connectivity index (χ1n) is 9.83. The Bertz CT molecular complexity index is 1210. The Labute approximate surface area is 184 Å². The van der Waals surface area contributed by atoms with E-state index in [1.54, 1.807) is 48.5 Å². The highest BCUT2D eigenvalue weighted by atomic mass is 19.1. The van der Waals surface area contributed by atoms with Crippen LogP contribution in [0, 0.1) is 5.82 Å². The minimum atomic E-state index is -0.577. The maximum absolute atomic E-state index is 13.1. The summed E-state index contributed by atoms with van der Waals surface area (Å²) >= 11 is 0. The third kappa shape index (κ3) is 4.72. The van der Waals surface area contributed by atoms with Crippen LogP contribution in [0.5, 0.6) is 5.75 Å². The van der Waals surface area contributed by atoms with Crippen LogP contribution in [0.4, 0.5) is 15.9 Å². The average molecular weight is 432 g/mol. The van der Waals surface area contributed by atoms with Crippen LogP contribution >= 0.6 is 0 Å². The second-order valence-electron chi connectivity index (χ2n) is 7.06. The summed E-state index contributed by atoms with van der Waals surface area (Å²) < 4.78 is 20.1. The van der Waals surface area contributed by atoms with Crippen LogP contribution in [0.2, 0.25) is 0 Å². The van der Waals surface area contributed by atoms with Gasteiger partial charge in [0.05, 0.1) is 32.0 Å². The number of nitrogens with zero attached hydrogens (tertiary/aromatic N) is 5. The molecule has 0 bridgehead atoms. The van der Waals surface area contributed by atoms with Crippen molar-refractivity contribution < 1.29 is 13.9 Å². The van der Waals surface area contributed by atoms with Crippen molar-refractivity contribution in [3.05, 3.63) is 95.7 Å². The first-order valence-corrected chi connectivity index (χ1v) is 9.83. The second kappa shape index (κ2) is 9.25. The van der Waals surface area contributed by atoms with Gasteiger partial charge in [0.15, 0.2) is 0 Å². The molecule has 32 heavy (non-hydrogen) atoms. The predicted octanol–water partition coefficient (Wildman–Crippen LogP) is 3.31. The van der Waals surface area contributed by atoms with Gasteiger partial charge in [-0.05, 0) is 54.1 Å². The lowest BCUT2D eigenvalue weighted by Crippen LogP contribution is -2.23. The molecule has 2 N–H and O–H groups in total. The smallest absolute Gasteiger partial charge is 0.252 e. The molecule has 0 aliphatic heterocycles. The third-order valence-electron chi connectivity index (χ3n) is 4.86. The molecule has 0 spiro atoms. The molecule has 0 saturated carbocycles. The number of ether oxygens (including phenoxy) is 1. The van der Waals surface area contributed by atoms with E-state index in [0.717, 1.165) is 11.3 Å². The van der Waals surface area contributed by atoms with Gasteiger partial charge in [0, 0.05) is 11.9 Å². The molecule has 1 amide bonds. The summed E-state index contributed by atoms with van der Waals surface area (Å²) in [6.45, 7) is 0.749. The lowest BCUT2D eigenvalue weighted by atomic mass is 10.2. The Hall–Kier alpha value is -4.27. The minimum absolute atomic E-state index is 0.288. The molecule has 2 aromatic carbocycles. The van der Waals surface area contributed by atoms with Gasteiger partial charge in [0.2, 0.25) is 0 Å². The maximum Gasteiger partial charge on any atom is 0.252 e. The summed E-state index contributed by atoms with van der Waals surface area (Å²) in [4.78, 5) is 18.3. The zero-order chi connectivity index (χ0) is 22.5. The lowest BCUT2D eigenvalue weighted by Gasteiger charge is -2.24. The van der Waals surface area contributed by atoms with E-state index in [1.165, 1.54) is 12.1 Å². The number of nitrogens with two attached hydrogens (primary N) is 1. The van der Waals surface area contributed by atoms with E-state index < -0.39 is 5.91 Å². The topological polar surface area (TPSA) is 99.2 Å². The number of anilines is 2. The van der Waals surface area contributed by atoms with E-state index in [1.807, 2.05) is 29.2 Å². The molecule has 0 unspecified atom stereocenters. The lowest BCUT2D eigenvalue weighted by molar-refractivity contribution is 0.100. The standard InChI is InChI=1S/C23H21FN6O2/c1-32-20-10-8-19(9-11-20)30(23-21(22(25)31)3-2-12-26-23)15-18-14-29(28-27-18)13-16-4-6-17(24)7-5-16/h2-12,14H,13,15H2,1H3,(H2,25,31). The van der Waals surface area contributed by atoms with Crippen LogP contribution in [0.25, 0.3) is 0 Å². The van der Waals surface area contributed by atoms with Gasteiger partial charge in [-0.15, -0.1) is 5.10 Å². The van der Waals surface area contributed by atoms with Crippen LogP contribution in [-0.4, -0.2) is 33.0 Å². The van der Waals surface area contributed by atoms with Gasteiger partial charge in [-0.2, -0.15) is 0 Å². The van der Waals surface area contributed by atoms with Gasteiger partial charge in [-0.25, -0.2) is 14.1 Å². The minimum Gasteiger partial charge on any atom is -0.497 e. The number of methoxy groups -OCH3 is 1. The molecule has 0 fully saturated rings. The molecular weight excluding hydrogens is 411 g/mol. The molecule has 4 aromatic rings. The van der Waals surface area contributed by atoms with Crippen LogP contribution in [-0.2, 0) is 13.1 Å². The molecule has 0 saturated heterocycles. The van der Waals surface area contributed by atoms with E-state index in [2.05, 4.69) is 15.3 Å². The summed E-state index contributed by atoms with van der Waals surface area (Å²) in [5, 5.41) is 8.43. The fourth-order valence-electron chi connectivity index (χ4n) is 3.28. The zero-order valence-electron chi connectivity index (χ0n) is 17.4. The first-order chi connectivity index (χ1) is 15.5. The number of carbonyl (C=O) groups excluding carboxylic acids is 1. The zero-order valence-corrected chi connectivity index (χ0v) is 17.4. The number of rotatable bonds is 8. The number of aromatic nitrogens is 4. The van der Waals surface area contributed by atoms with Crippen molar-refractivity contribution in [3.8, 4) is 5.75 Å². The maximum atomic E-state index is 13.1. The molecule has 0 atom stereocenters. The van der Waals surface area contributed by atoms with E-state index in [0.29, 0.717) is 35.9 Å². The van der Waals surface area contributed by atoms with E-state index in [9.17, 15) is 9.18 Å². The normalized spacial score (nSPS) is 10.7. The Morgan fingerprint density at radius 3 is 2.56 bits per heavy atom. The second-order valence-corrected chi connectivity index (χ2v) is 7.06. The Morgan fingerprint density at radius 2 is 1.88 bits per heavy atom. The van der Waals surface area contributed by atoms with Crippen LogP contribution < -0.4 is 15.4 Å². The third-order valence-corrected chi connectivity index (χ3v) is 4.86. The average Bonchev–Trinajstić information content (AvgIpc) is 3.26. The summed E-state index contributed by atoms with van der Waals surface area (Å²) in [6, 6.07) is 16.9. The number of carbonyl (C=O) groups is 1. The number of primary amides is 1. The molecule has 162 valence electrons. The highest BCUT2D eigenvalue weighted by Crippen LogP contribution is 2.29. The Kier molecular flexibility index (Phi) is 6.07. The Balaban J connectivity index is 1.64. The van der Waals surface area contributed by atoms with E-state index >= 15 is 0 Å². The quantitative estimate of drug-likeness (QED) is 0.459. The summed E-state index contributed by atoms with van der Waals surface area (Å²) in [5.74, 6) is 0.253. The molecule has 9 heteroatoms. The van der Waals surface area contributed by atoms with Crippen molar-refractivity contribution in [2.75, 3.05) is 12.0 Å². The predicted molar refractivity (Wildman–Crippen MR) is 117 cm³/mol. The van der Waals surface area contributed by atoms with E-state index in [4.69, 9.17) is 10.5 Å². The van der Waals surface area contributed by atoms with Crippen LogP contribution in [0.1, 0.15) is 21.6 Å². The largest absolute Gasteiger partial charge is 0.497 e. The molecular formula is C23H21FN6O2. The summed E-state index contributed by atoms with van der Waals surface area (Å²) in [7, 11) is 1.59. The van der Waals surface area contributed by atoms with Gasteiger partial charge in [-0.3, -0.25) is 4.79 Å². The molecule has 2 heterocycles. The molecule has 8 nitrogen and oxygen atoms in total. The van der Waals surface area contributed by atoms with Crippen LogP contribution in [0.3, 0.4) is 0 Å². The van der Waals surface area contributed by atoms with Gasteiger partial charge in [0.1, 0.15) is 23.1 Å². The van der Waals surface area contributed by atoms with Gasteiger partial charge in [-0.1, -0.05) is 17.3 Å². The fourth-order valence-corrected chi connectivity index (χ4v) is 3.28. The molecule has 0 aliphatic carbocycles. The highest BCUT2D eigenvalue weighted by Gasteiger charge is 2.19. The highest BCUT2D eigenvalue weighted by molar-refractivity contribution is 5.98. The van der Waals surface area contributed by atoms with Crippen molar-refractivity contribution in [1.29, 1.82) is 0 Å². The van der Waals surface area contributed by atoms with Crippen LogP contribution in [0.15, 0.2) is 73.1 Å². The SMILES string of the molecule is COc1ccc(N(Cc2cn(Cc3ccc(F)cc3)nn2)c2ncccc2C(N)=O)cc1.